The lowest BCUT2D eigenvalue weighted by Crippen LogP contribution is -2.29. The number of hydrazine groups is 1. The van der Waals surface area contributed by atoms with Gasteiger partial charge in [0.2, 0.25) is 0 Å². The van der Waals surface area contributed by atoms with E-state index in [2.05, 4.69) is 21.4 Å². The standard InChI is InChI=1S/C16H16BrFN2O/c17-15-7-4-11(18)9-14(15)16(20-19)10-2-1-3-13(8-10)21-12-5-6-12/h1-4,7-9,12,16,20H,5-6,19H2. The predicted octanol–water partition coefficient (Wildman–Crippen LogP) is 3.68. The highest BCUT2D eigenvalue weighted by Gasteiger charge is 2.24. The van der Waals surface area contributed by atoms with Crippen LogP contribution in [-0.2, 0) is 0 Å². The molecule has 1 aliphatic carbocycles. The molecule has 1 saturated carbocycles. The van der Waals surface area contributed by atoms with Crippen LogP contribution in [0.2, 0.25) is 0 Å². The van der Waals surface area contributed by atoms with Gasteiger partial charge in [-0.15, -0.1) is 0 Å². The summed E-state index contributed by atoms with van der Waals surface area (Å²) in [5.41, 5.74) is 4.43. The highest BCUT2D eigenvalue weighted by molar-refractivity contribution is 9.10. The van der Waals surface area contributed by atoms with Crippen LogP contribution < -0.4 is 16.0 Å². The molecule has 110 valence electrons. The van der Waals surface area contributed by atoms with Gasteiger partial charge in [0, 0.05) is 4.47 Å². The third kappa shape index (κ3) is 3.43. The Labute approximate surface area is 131 Å². The molecule has 0 spiro atoms. The molecule has 0 amide bonds. The van der Waals surface area contributed by atoms with Crippen molar-refractivity contribution in [3.8, 4) is 5.75 Å². The third-order valence-electron chi connectivity index (χ3n) is 3.45. The topological polar surface area (TPSA) is 47.3 Å². The Bertz CT molecular complexity index is 646. The minimum absolute atomic E-state index is 0.293. The van der Waals surface area contributed by atoms with Gasteiger partial charge in [-0.3, -0.25) is 5.84 Å². The van der Waals surface area contributed by atoms with Gasteiger partial charge in [0.15, 0.2) is 0 Å². The fraction of sp³-hybridized carbons (Fsp3) is 0.250. The number of ether oxygens (including phenoxy) is 1. The molecule has 0 saturated heterocycles. The average molecular weight is 351 g/mol. The molecule has 1 unspecified atom stereocenters. The summed E-state index contributed by atoms with van der Waals surface area (Å²) in [7, 11) is 0. The second kappa shape index (κ2) is 6.13. The van der Waals surface area contributed by atoms with Crippen LogP contribution >= 0.6 is 15.9 Å². The zero-order valence-corrected chi connectivity index (χ0v) is 12.9. The van der Waals surface area contributed by atoms with Crippen LogP contribution in [0.1, 0.15) is 30.0 Å². The largest absolute Gasteiger partial charge is 0.490 e. The van der Waals surface area contributed by atoms with Gasteiger partial charge in [0.1, 0.15) is 11.6 Å². The fourth-order valence-corrected chi connectivity index (χ4v) is 2.72. The van der Waals surface area contributed by atoms with Crippen molar-refractivity contribution in [1.29, 1.82) is 0 Å². The van der Waals surface area contributed by atoms with Crippen LogP contribution in [0, 0.1) is 5.82 Å². The van der Waals surface area contributed by atoms with E-state index in [1.807, 2.05) is 24.3 Å². The van der Waals surface area contributed by atoms with E-state index >= 15 is 0 Å². The number of benzene rings is 2. The molecule has 3 nitrogen and oxygen atoms in total. The van der Waals surface area contributed by atoms with E-state index in [-0.39, 0.29) is 11.9 Å². The highest BCUT2D eigenvalue weighted by atomic mass is 79.9. The summed E-state index contributed by atoms with van der Waals surface area (Å²) in [5.74, 6) is 6.21. The lowest BCUT2D eigenvalue weighted by Gasteiger charge is -2.19. The predicted molar refractivity (Wildman–Crippen MR) is 83.4 cm³/mol. The van der Waals surface area contributed by atoms with E-state index in [0.717, 1.165) is 34.2 Å². The van der Waals surface area contributed by atoms with Gasteiger partial charge in [0.05, 0.1) is 12.1 Å². The first-order valence-corrected chi connectivity index (χ1v) is 7.64. The minimum atomic E-state index is -0.308. The molecule has 1 fully saturated rings. The maximum Gasteiger partial charge on any atom is 0.123 e. The molecule has 21 heavy (non-hydrogen) atoms. The Morgan fingerprint density at radius 3 is 2.76 bits per heavy atom. The first-order valence-electron chi connectivity index (χ1n) is 6.85. The number of rotatable bonds is 5. The Balaban J connectivity index is 1.93. The lowest BCUT2D eigenvalue weighted by molar-refractivity contribution is 0.302. The Hall–Kier alpha value is -1.43. The highest BCUT2D eigenvalue weighted by Crippen LogP contribution is 2.32. The molecule has 1 aliphatic rings. The second-order valence-corrected chi connectivity index (χ2v) is 6.01. The maximum atomic E-state index is 13.5. The Kier molecular flexibility index (Phi) is 4.24. The molecule has 3 rings (SSSR count). The summed E-state index contributed by atoms with van der Waals surface area (Å²) in [6.07, 6.45) is 2.56. The normalized spacial score (nSPS) is 15.8. The average Bonchev–Trinajstić information content (AvgIpc) is 3.28. The number of hydrogen-bond acceptors (Lipinski definition) is 3. The van der Waals surface area contributed by atoms with Crippen molar-refractivity contribution in [1.82, 2.24) is 5.43 Å². The van der Waals surface area contributed by atoms with Crippen LogP contribution in [0.4, 0.5) is 4.39 Å². The number of halogens is 2. The van der Waals surface area contributed by atoms with Gasteiger partial charge < -0.3 is 4.74 Å². The van der Waals surface area contributed by atoms with Crippen LogP contribution in [-0.4, -0.2) is 6.10 Å². The molecule has 2 aromatic rings. The molecule has 0 aliphatic heterocycles. The van der Waals surface area contributed by atoms with Crippen molar-refractivity contribution in [3.05, 3.63) is 63.9 Å². The minimum Gasteiger partial charge on any atom is -0.490 e. The fourth-order valence-electron chi connectivity index (χ4n) is 2.25. The third-order valence-corrected chi connectivity index (χ3v) is 4.18. The molecular weight excluding hydrogens is 335 g/mol. The first kappa shape index (κ1) is 14.5. The van der Waals surface area contributed by atoms with Gasteiger partial charge in [-0.25, -0.2) is 9.82 Å². The zero-order chi connectivity index (χ0) is 14.8. The van der Waals surface area contributed by atoms with E-state index in [1.54, 1.807) is 6.07 Å². The Morgan fingerprint density at radius 1 is 1.24 bits per heavy atom. The molecule has 5 heteroatoms. The van der Waals surface area contributed by atoms with Crippen molar-refractivity contribution >= 4 is 15.9 Å². The van der Waals surface area contributed by atoms with Crippen LogP contribution in [0.5, 0.6) is 5.75 Å². The molecule has 0 heterocycles. The summed E-state index contributed by atoms with van der Waals surface area (Å²) < 4.78 is 20.1. The van der Waals surface area contributed by atoms with E-state index in [0.29, 0.717) is 6.10 Å². The molecule has 0 aromatic heterocycles. The summed E-state index contributed by atoms with van der Waals surface area (Å²) in [6.45, 7) is 0. The van der Waals surface area contributed by atoms with Gasteiger partial charge >= 0.3 is 0 Å². The summed E-state index contributed by atoms with van der Waals surface area (Å²) in [6, 6.07) is 12.0. The summed E-state index contributed by atoms with van der Waals surface area (Å²) >= 11 is 3.44. The molecule has 2 aromatic carbocycles. The number of nitrogens with two attached hydrogens (primary N) is 1. The van der Waals surface area contributed by atoms with E-state index in [1.165, 1.54) is 12.1 Å². The van der Waals surface area contributed by atoms with Crippen LogP contribution in [0.15, 0.2) is 46.9 Å². The van der Waals surface area contributed by atoms with Crippen LogP contribution in [0.25, 0.3) is 0 Å². The number of hydrogen-bond donors (Lipinski definition) is 2. The SMILES string of the molecule is NNC(c1cccc(OC2CC2)c1)c1cc(F)ccc1Br. The van der Waals surface area contributed by atoms with Gasteiger partial charge in [0.25, 0.3) is 0 Å². The quantitative estimate of drug-likeness (QED) is 0.638. The second-order valence-electron chi connectivity index (χ2n) is 5.16. The van der Waals surface area contributed by atoms with Gasteiger partial charge in [-0.2, -0.15) is 0 Å². The van der Waals surface area contributed by atoms with Crippen molar-refractivity contribution < 1.29 is 9.13 Å². The molecule has 0 bridgehead atoms. The van der Waals surface area contributed by atoms with Gasteiger partial charge in [-0.1, -0.05) is 28.1 Å². The van der Waals surface area contributed by atoms with E-state index in [9.17, 15) is 4.39 Å². The van der Waals surface area contributed by atoms with Crippen molar-refractivity contribution in [2.75, 3.05) is 0 Å². The number of nitrogens with one attached hydrogen (secondary N) is 1. The summed E-state index contributed by atoms with van der Waals surface area (Å²) in [4.78, 5) is 0. The lowest BCUT2D eigenvalue weighted by atomic mass is 9.99. The molecule has 3 N–H and O–H groups in total. The first-order chi connectivity index (χ1) is 10.2. The smallest absolute Gasteiger partial charge is 0.123 e. The van der Waals surface area contributed by atoms with Gasteiger partial charge in [-0.05, 0) is 54.3 Å². The van der Waals surface area contributed by atoms with Crippen molar-refractivity contribution in [2.24, 2.45) is 5.84 Å². The molecule has 1 atom stereocenters. The van der Waals surface area contributed by atoms with E-state index in [4.69, 9.17) is 10.6 Å². The Morgan fingerprint density at radius 2 is 2.05 bits per heavy atom. The monoisotopic (exact) mass is 350 g/mol. The zero-order valence-electron chi connectivity index (χ0n) is 11.4. The van der Waals surface area contributed by atoms with Crippen molar-refractivity contribution in [3.63, 3.8) is 0 Å². The molecular formula is C16H16BrFN2O. The van der Waals surface area contributed by atoms with E-state index < -0.39 is 0 Å². The maximum absolute atomic E-state index is 13.5. The molecule has 0 radical (unpaired) electrons. The summed E-state index contributed by atoms with van der Waals surface area (Å²) in [5, 5.41) is 0. The van der Waals surface area contributed by atoms with Crippen LogP contribution in [0.3, 0.4) is 0 Å². The van der Waals surface area contributed by atoms with Crippen molar-refractivity contribution in [2.45, 2.75) is 25.0 Å².